The molecule has 1 heterocycles. The molecule has 0 saturated heterocycles. The molecule has 8 heteroatoms. The van der Waals surface area contributed by atoms with Crippen LogP contribution in [-0.2, 0) is 16.6 Å². The maximum Gasteiger partial charge on any atom is 0.265 e. The number of sulfonamides is 1. The van der Waals surface area contributed by atoms with E-state index in [0.717, 1.165) is 6.07 Å². The van der Waals surface area contributed by atoms with Gasteiger partial charge in [-0.15, -0.1) is 0 Å². The minimum Gasteiger partial charge on any atom is -0.399 e. The molecule has 0 aliphatic rings. The van der Waals surface area contributed by atoms with E-state index in [1.54, 1.807) is 4.68 Å². The number of anilines is 2. The fourth-order valence-electron chi connectivity index (χ4n) is 1.76. The van der Waals surface area contributed by atoms with Gasteiger partial charge in [0.25, 0.3) is 10.0 Å². The maximum atomic E-state index is 14.0. The number of rotatable bonds is 4. The van der Waals surface area contributed by atoms with Gasteiger partial charge >= 0.3 is 0 Å². The fraction of sp³-hybridized carbons (Fsp3) is 0.250. The summed E-state index contributed by atoms with van der Waals surface area (Å²) in [7, 11) is -4.04. The van der Waals surface area contributed by atoms with Gasteiger partial charge in [-0.25, -0.2) is 12.8 Å². The van der Waals surface area contributed by atoms with Crippen molar-refractivity contribution in [3.63, 3.8) is 0 Å². The van der Waals surface area contributed by atoms with Crippen LogP contribution in [-0.4, -0.2) is 18.2 Å². The number of nitrogens with one attached hydrogen (secondary N) is 1. The first-order chi connectivity index (χ1) is 9.33. The van der Waals surface area contributed by atoms with Crippen molar-refractivity contribution >= 4 is 21.4 Å². The average Bonchev–Trinajstić information content (AvgIpc) is 2.80. The van der Waals surface area contributed by atoms with Gasteiger partial charge in [-0.05, 0) is 31.5 Å². The number of hydrogen-bond acceptors (Lipinski definition) is 4. The highest BCUT2D eigenvalue weighted by atomic mass is 32.2. The van der Waals surface area contributed by atoms with E-state index in [2.05, 4.69) is 9.82 Å². The Labute approximate surface area is 116 Å². The van der Waals surface area contributed by atoms with Crippen LogP contribution >= 0.6 is 0 Å². The summed E-state index contributed by atoms with van der Waals surface area (Å²) in [6.45, 7) is 3.93. The first-order valence-electron chi connectivity index (χ1n) is 5.94. The van der Waals surface area contributed by atoms with Crippen LogP contribution < -0.4 is 10.5 Å². The number of halogens is 1. The van der Waals surface area contributed by atoms with Crippen LogP contribution in [0, 0.1) is 12.7 Å². The summed E-state index contributed by atoms with van der Waals surface area (Å²) in [6, 6.07) is 2.47. The summed E-state index contributed by atoms with van der Waals surface area (Å²) in [6.07, 6.45) is 2.88. The average molecular weight is 298 g/mol. The van der Waals surface area contributed by atoms with E-state index in [1.807, 2.05) is 6.92 Å². The van der Waals surface area contributed by atoms with Crippen LogP contribution in [0.15, 0.2) is 29.4 Å². The molecule has 0 spiro atoms. The van der Waals surface area contributed by atoms with Crippen LogP contribution in [0.5, 0.6) is 0 Å². The predicted molar refractivity (Wildman–Crippen MR) is 74.3 cm³/mol. The molecule has 0 amide bonds. The standard InChI is InChI=1S/C12H15FN4O2S/c1-3-17-7-10(6-15-17)16-20(18,19)11-5-9(14)4-8(2)12(11)13/h4-7,16H,3,14H2,1-2H3. The third-order valence-electron chi connectivity index (χ3n) is 2.74. The largest absolute Gasteiger partial charge is 0.399 e. The number of aryl methyl sites for hydroxylation is 2. The highest BCUT2D eigenvalue weighted by molar-refractivity contribution is 7.92. The molecule has 6 nitrogen and oxygen atoms in total. The monoisotopic (exact) mass is 298 g/mol. The Morgan fingerprint density at radius 3 is 2.75 bits per heavy atom. The number of aromatic nitrogens is 2. The lowest BCUT2D eigenvalue weighted by Gasteiger charge is -2.09. The molecular weight excluding hydrogens is 283 g/mol. The van der Waals surface area contributed by atoms with Crippen molar-refractivity contribution in [3.8, 4) is 0 Å². The second-order valence-electron chi connectivity index (χ2n) is 4.34. The number of benzene rings is 1. The molecule has 0 bridgehead atoms. The number of nitrogen functional groups attached to an aromatic ring is 1. The number of hydrogen-bond donors (Lipinski definition) is 2. The predicted octanol–water partition coefficient (Wildman–Crippen LogP) is 1.73. The molecule has 1 aromatic heterocycles. The molecule has 0 saturated carbocycles. The molecule has 2 aromatic rings. The van der Waals surface area contributed by atoms with E-state index in [-0.39, 0.29) is 16.9 Å². The van der Waals surface area contributed by atoms with Crippen LogP contribution in [0.25, 0.3) is 0 Å². The quantitative estimate of drug-likeness (QED) is 0.841. The summed E-state index contributed by atoms with van der Waals surface area (Å²) in [4.78, 5) is -0.473. The minimum absolute atomic E-state index is 0.176. The van der Waals surface area contributed by atoms with Gasteiger partial charge in [0.2, 0.25) is 0 Å². The van der Waals surface area contributed by atoms with E-state index >= 15 is 0 Å². The lowest BCUT2D eigenvalue weighted by molar-refractivity contribution is 0.565. The molecule has 3 N–H and O–H groups in total. The van der Waals surface area contributed by atoms with E-state index in [1.165, 1.54) is 25.4 Å². The van der Waals surface area contributed by atoms with Crippen molar-refractivity contribution in [2.24, 2.45) is 0 Å². The molecule has 0 aliphatic heterocycles. The van der Waals surface area contributed by atoms with Crippen molar-refractivity contribution in [1.82, 2.24) is 9.78 Å². The van der Waals surface area contributed by atoms with Gasteiger partial charge in [0.15, 0.2) is 0 Å². The first-order valence-corrected chi connectivity index (χ1v) is 7.42. The molecule has 0 fully saturated rings. The normalized spacial score (nSPS) is 11.6. The molecule has 1 aromatic carbocycles. The fourth-order valence-corrected chi connectivity index (χ4v) is 2.97. The first kappa shape index (κ1) is 14.3. The van der Waals surface area contributed by atoms with Gasteiger partial charge in [-0.1, -0.05) is 0 Å². The topological polar surface area (TPSA) is 90.0 Å². The van der Waals surface area contributed by atoms with E-state index in [4.69, 9.17) is 5.73 Å². The third kappa shape index (κ3) is 2.74. The van der Waals surface area contributed by atoms with E-state index in [0.29, 0.717) is 6.54 Å². The summed E-state index contributed by atoms with van der Waals surface area (Å²) in [5.41, 5.74) is 6.20. The van der Waals surface area contributed by atoms with Crippen LogP contribution in [0.2, 0.25) is 0 Å². The molecule has 20 heavy (non-hydrogen) atoms. The van der Waals surface area contributed by atoms with Crippen LogP contribution in [0.4, 0.5) is 15.8 Å². The van der Waals surface area contributed by atoms with Gasteiger partial charge in [-0.3, -0.25) is 9.40 Å². The van der Waals surface area contributed by atoms with Crippen molar-refractivity contribution in [2.45, 2.75) is 25.3 Å². The van der Waals surface area contributed by atoms with E-state index in [9.17, 15) is 12.8 Å². The van der Waals surface area contributed by atoms with Crippen molar-refractivity contribution in [3.05, 3.63) is 35.9 Å². The maximum absolute atomic E-state index is 14.0. The molecule has 108 valence electrons. The van der Waals surface area contributed by atoms with Gasteiger partial charge in [0.05, 0.1) is 11.9 Å². The molecule has 0 unspecified atom stereocenters. The smallest absolute Gasteiger partial charge is 0.265 e. The summed E-state index contributed by atoms with van der Waals surface area (Å²) >= 11 is 0. The van der Waals surface area contributed by atoms with Crippen LogP contribution in [0.1, 0.15) is 12.5 Å². The third-order valence-corrected chi connectivity index (χ3v) is 4.12. The number of nitrogens with two attached hydrogens (primary N) is 1. The molecule has 0 radical (unpaired) electrons. The summed E-state index contributed by atoms with van der Waals surface area (Å²) in [5.74, 6) is -0.811. The zero-order valence-electron chi connectivity index (χ0n) is 11.1. The van der Waals surface area contributed by atoms with Gasteiger partial charge in [0, 0.05) is 18.4 Å². The number of nitrogens with zero attached hydrogens (tertiary/aromatic N) is 2. The van der Waals surface area contributed by atoms with E-state index < -0.39 is 20.7 Å². The molecule has 0 atom stereocenters. The van der Waals surface area contributed by atoms with Crippen molar-refractivity contribution < 1.29 is 12.8 Å². The molecular formula is C12H15FN4O2S. The summed E-state index contributed by atoms with van der Waals surface area (Å²) < 4.78 is 42.1. The zero-order chi connectivity index (χ0) is 14.9. The van der Waals surface area contributed by atoms with Crippen molar-refractivity contribution in [1.29, 1.82) is 0 Å². The SMILES string of the molecule is CCn1cc(NS(=O)(=O)c2cc(N)cc(C)c2F)cn1. The van der Waals surface area contributed by atoms with Gasteiger partial charge in [0.1, 0.15) is 10.7 Å². The van der Waals surface area contributed by atoms with Crippen LogP contribution in [0.3, 0.4) is 0 Å². The summed E-state index contributed by atoms with van der Waals surface area (Å²) in [5, 5.41) is 3.94. The second-order valence-corrected chi connectivity index (χ2v) is 5.99. The second kappa shape index (κ2) is 5.12. The highest BCUT2D eigenvalue weighted by Gasteiger charge is 2.21. The Morgan fingerprint density at radius 2 is 2.15 bits per heavy atom. The van der Waals surface area contributed by atoms with Gasteiger partial charge in [-0.2, -0.15) is 5.10 Å². The highest BCUT2D eigenvalue weighted by Crippen LogP contribution is 2.23. The Morgan fingerprint density at radius 1 is 1.45 bits per heavy atom. The molecule has 0 aliphatic carbocycles. The van der Waals surface area contributed by atoms with Crippen molar-refractivity contribution in [2.75, 3.05) is 10.5 Å². The Balaban J connectivity index is 2.40. The lowest BCUT2D eigenvalue weighted by Crippen LogP contribution is -2.15. The lowest BCUT2D eigenvalue weighted by atomic mass is 10.2. The van der Waals surface area contributed by atoms with Gasteiger partial charge < -0.3 is 5.73 Å². The minimum atomic E-state index is -4.04. The Kier molecular flexibility index (Phi) is 3.67. The Hall–Kier alpha value is -2.09. The zero-order valence-corrected chi connectivity index (χ0v) is 11.9. The molecule has 2 rings (SSSR count). The Bertz CT molecular complexity index is 740.